The van der Waals surface area contributed by atoms with Crippen LogP contribution in [0.1, 0.15) is 12.8 Å². The van der Waals surface area contributed by atoms with E-state index >= 15 is 0 Å². The molecule has 1 aliphatic heterocycles. The van der Waals surface area contributed by atoms with Crippen molar-refractivity contribution < 1.29 is 14.3 Å². The summed E-state index contributed by atoms with van der Waals surface area (Å²) >= 11 is 0. The van der Waals surface area contributed by atoms with Gasteiger partial charge in [-0.3, -0.25) is 9.69 Å². The zero-order valence-electron chi connectivity index (χ0n) is 14.5. The minimum atomic E-state index is 0.102. The largest absolute Gasteiger partial charge is 0.497 e. The average molecular weight is 330 g/mol. The highest BCUT2D eigenvalue weighted by molar-refractivity contribution is 5.78. The first-order valence-corrected chi connectivity index (χ1v) is 8.31. The summed E-state index contributed by atoms with van der Waals surface area (Å²) in [6, 6.07) is 7.44. The summed E-state index contributed by atoms with van der Waals surface area (Å²) in [5.74, 6) is 4.54. The molecule has 0 spiro atoms. The summed E-state index contributed by atoms with van der Waals surface area (Å²) in [6.45, 7) is 3.53. The van der Waals surface area contributed by atoms with Gasteiger partial charge >= 0.3 is 0 Å². The Balaban J connectivity index is 1.71. The third-order valence-corrected chi connectivity index (χ3v) is 4.38. The fraction of sp³-hybridized carbons (Fsp3) is 0.526. The van der Waals surface area contributed by atoms with Gasteiger partial charge in [0.05, 0.1) is 20.2 Å². The number of amides is 1. The van der Waals surface area contributed by atoms with Crippen molar-refractivity contribution in [3.05, 3.63) is 24.3 Å². The monoisotopic (exact) mass is 330 g/mol. The van der Waals surface area contributed by atoms with Crippen LogP contribution in [0.3, 0.4) is 0 Å². The Bertz CT molecular complexity index is 557. The van der Waals surface area contributed by atoms with Crippen molar-refractivity contribution >= 4 is 5.91 Å². The first-order chi connectivity index (χ1) is 11.6. The third-order valence-electron chi connectivity index (χ3n) is 4.38. The van der Waals surface area contributed by atoms with Crippen molar-refractivity contribution in [2.24, 2.45) is 5.92 Å². The van der Waals surface area contributed by atoms with E-state index in [9.17, 15) is 4.79 Å². The number of nitrogens with zero attached hydrogens (tertiary/aromatic N) is 2. The van der Waals surface area contributed by atoms with Gasteiger partial charge in [0.1, 0.15) is 18.1 Å². The molecule has 0 atom stereocenters. The summed E-state index contributed by atoms with van der Waals surface area (Å²) in [7, 11) is 3.47. The van der Waals surface area contributed by atoms with Gasteiger partial charge < -0.3 is 14.4 Å². The van der Waals surface area contributed by atoms with Crippen molar-refractivity contribution in [1.29, 1.82) is 0 Å². The summed E-state index contributed by atoms with van der Waals surface area (Å²) in [5, 5.41) is 0. The smallest absolute Gasteiger partial charge is 0.225 e. The highest BCUT2D eigenvalue weighted by atomic mass is 16.5. The Morgan fingerprint density at radius 3 is 2.50 bits per heavy atom. The first kappa shape index (κ1) is 18.2. The lowest BCUT2D eigenvalue weighted by Crippen LogP contribution is -2.42. The number of carbonyl (C=O) groups is 1. The number of hydrogen-bond acceptors (Lipinski definition) is 4. The lowest BCUT2D eigenvalue weighted by atomic mass is 9.95. The van der Waals surface area contributed by atoms with Gasteiger partial charge in [0.25, 0.3) is 0 Å². The molecule has 0 saturated carbocycles. The second kappa shape index (κ2) is 9.19. The molecule has 1 amide bonds. The van der Waals surface area contributed by atoms with E-state index in [4.69, 9.17) is 15.9 Å². The van der Waals surface area contributed by atoms with Gasteiger partial charge in [-0.05, 0) is 50.2 Å². The number of likely N-dealkylation sites (N-methyl/N-ethyl adjacent to an activating group) is 1. The van der Waals surface area contributed by atoms with Gasteiger partial charge in [0.15, 0.2) is 0 Å². The number of ether oxygens (including phenoxy) is 2. The number of methoxy groups -OCH3 is 1. The van der Waals surface area contributed by atoms with Crippen LogP contribution in [0.4, 0.5) is 0 Å². The van der Waals surface area contributed by atoms with Gasteiger partial charge in [-0.15, -0.1) is 6.42 Å². The van der Waals surface area contributed by atoms with E-state index in [0.717, 1.165) is 37.4 Å². The summed E-state index contributed by atoms with van der Waals surface area (Å²) in [5.41, 5.74) is 0. The zero-order chi connectivity index (χ0) is 17.4. The molecule has 1 heterocycles. The Morgan fingerprint density at radius 1 is 1.29 bits per heavy atom. The van der Waals surface area contributed by atoms with Gasteiger partial charge in [-0.25, -0.2) is 0 Å². The number of piperidine rings is 1. The van der Waals surface area contributed by atoms with Gasteiger partial charge in [0.2, 0.25) is 5.91 Å². The lowest BCUT2D eigenvalue weighted by molar-refractivity contribution is -0.136. The van der Waals surface area contributed by atoms with Crippen molar-refractivity contribution in [2.45, 2.75) is 12.8 Å². The van der Waals surface area contributed by atoms with Crippen LogP contribution in [0.15, 0.2) is 24.3 Å². The van der Waals surface area contributed by atoms with E-state index in [1.54, 1.807) is 12.0 Å². The van der Waals surface area contributed by atoms with E-state index in [1.807, 2.05) is 31.3 Å². The molecule has 1 aliphatic rings. The van der Waals surface area contributed by atoms with Crippen LogP contribution < -0.4 is 9.47 Å². The molecule has 1 aromatic carbocycles. The van der Waals surface area contributed by atoms with Crippen molar-refractivity contribution in [3.8, 4) is 23.8 Å². The molecule has 0 unspecified atom stereocenters. The lowest BCUT2D eigenvalue weighted by Gasteiger charge is -2.32. The maximum atomic E-state index is 12.5. The van der Waals surface area contributed by atoms with Gasteiger partial charge in [0, 0.05) is 13.0 Å². The minimum Gasteiger partial charge on any atom is -0.497 e. The molecule has 1 saturated heterocycles. The number of likely N-dealkylation sites (tertiary alicyclic amines) is 1. The Morgan fingerprint density at radius 2 is 1.92 bits per heavy atom. The summed E-state index contributed by atoms with van der Waals surface area (Å²) in [6.07, 6.45) is 7.09. The van der Waals surface area contributed by atoms with Crippen LogP contribution in [0.2, 0.25) is 0 Å². The van der Waals surface area contributed by atoms with Crippen molar-refractivity contribution in [2.75, 3.05) is 46.9 Å². The minimum absolute atomic E-state index is 0.102. The van der Waals surface area contributed by atoms with Crippen LogP contribution in [0, 0.1) is 18.3 Å². The zero-order valence-corrected chi connectivity index (χ0v) is 14.5. The SMILES string of the molecule is C#CCN1CCC(C(=O)N(C)CCOc2ccc(OC)cc2)CC1. The topological polar surface area (TPSA) is 42.0 Å². The highest BCUT2D eigenvalue weighted by Crippen LogP contribution is 2.19. The number of hydrogen-bond donors (Lipinski definition) is 0. The van der Waals surface area contributed by atoms with Crippen LogP contribution in [-0.2, 0) is 4.79 Å². The number of carbonyl (C=O) groups excluding carboxylic acids is 1. The molecule has 1 aromatic rings. The maximum absolute atomic E-state index is 12.5. The maximum Gasteiger partial charge on any atom is 0.225 e. The molecule has 0 bridgehead atoms. The molecule has 0 radical (unpaired) electrons. The van der Waals surface area contributed by atoms with E-state index < -0.39 is 0 Å². The predicted molar refractivity (Wildman–Crippen MR) is 94.1 cm³/mol. The van der Waals surface area contributed by atoms with E-state index in [0.29, 0.717) is 19.7 Å². The third kappa shape index (κ3) is 5.17. The fourth-order valence-corrected chi connectivity index (χ4v) is 2.86. The molecule has 1 fully saturated rings. The molecule has 130 valence electrons. The molecular weight excluding hydrogens is 304 g/mol. The quantitative estimate of drug-likeness (QED) is 0.716. The summed E-state index contributed by atoms with van der Waals surface area (Å²) < 4.78 is 10.8. The Hall–Kier alpha value is -2.19. The van der Waals surface area contributed by atoms with E-state index in [2.05, 4.69) is 10.8 Å². The van der Waals surface area contributed by atoms with Crippen molar-refractivity contribution in [1.82, 2.24) is 9.80 Å². The summed E-state index contributed by atoms with van der Waals surface area (Å²) in [4.78, 5) is 16.5. The molecular formula is C19H26N2O3. The number of terminal acetylenes is 1. The molecule has 0 aromatic heterocycles. The van der Waals surface area contributed by atoms with Gasteiger partial charge in [-0.1, -0.05) is 5.92 Å². The van der Waals surface area contributed by atoms with Crippen LogP contribution in [-0.4, -0.2) is 62.7 Å². The first-order valence-electron chi connectivity index (χ1n) is 8.31. The molecule has 5 heteroatoms. The second-order valence-corrected chi connectivity index (χ2v) is 6.04. The van der Waals surface area contributed by atoms with E-state index in [-0.39, 0.29) is 11.8 Å². The average Bonchev–Trinajstić information content (AvgIpc) is 2.62. The Kier molecular flexibility index (Phi) is 6.95. The van der Waals surface area contributed by atoms with Crippen LogP contribution >= 0.6 is 0 Å². The number of rotatable bonds is 7. The molecule has 0 aliphatic carbocycles. The predicted octanol–water partition coefficient (Wildman–Crippen LogP) is 1.88. The second-order valence-electron chi connectivity index (χ2n) is 6.04. The van der Waals surface area contributed by atoms with Gasteiger partial charge in [-0.2, -0.15) is 0 Å². The molecule has 0 N–H and O–H groups in total. The number of benzene rings is 1. The van der Waals surface area contributed by atoms with E-state index in [1.165, 1.54) is 0 Å². The molecule has 24 heavy (non-hydrogen) atoms. The fourth-order valence-electron chi connectivity index (χ4n) is 2.86. The van der Waals surface area contributed by atoms with Crippen LogP contribution in [0.25, 0.3) is 0 Å². The standard InChI is InChI=1S/C19H26N2O3/c1-4-11-21-12-9-16(10-13-21)19(22)20(2)14-15-24-18-7-5-17(23-3)6-8-18/h1,5-8,16H,9-15H2,2-3H3. The highest BCUT2D eigenvalue weighted by Gasteiger charge is 2.26. The normalized spacial score (nSPS) is 15.5. The molecule has 5 nitrogen and oxygen atoms in total. The van der Waals surface area contributed by atoms with Crippen LogP contribution in [0.5, 0.6) is 11.5 Å². The van der Waals surface area contributed by atoms with Crippen molar-refractivity contribution in [3.63, 3.8) is 0 Å². The molecule has 2 rings (SSSR count). The Labute approximate surface area is 144 Å².